The molecule has 0 fully saturated rings. The average molecular weight is 413 g/mol. The molecule has 0 saturated carbocycles. The number of phenols is 1. The first-order chi connectivity index (χ1) is 13.9. The molecule has 0 aliphatic rings. The molecule has 0 saturated heterocycles. The molecule has 3 aromatic carbocycles. The number of para-hydroxylation sites is 1. The smallest absolute Gasteiger partial charge is 0.269 e. The zero-order valence-corrected chi connectivity index (χ0v) is 16.3. The van der Waals surface area contributed by atoms with Crippen LogP contribution < -0.4 is 5.32 Å². The third kappa shape index (κ3) is 5.33. The fourth-order valence-corrected chi connectivity index (χ4v) is 3.42. The van der Waals surface area contributed by atoms with Gasteiger partial charge in [-0.2, -0.15) is 23.8 Å². The van der Waals surface area contributed by atoms with Crippen LogP contribution in [0.5, 0.6) is 5.75 Å². The molecule has 0 amide bonds. The number of fused-ring (bicyclic) bond motifs is 1. The molecule has 0 atom stereocenters. The number of hydrogen-bond donors (Lipinski definition) is 3. The third-order valence-corrected chi connectivity index (χ3v) is 4.68. The lowest BCUT2D eigenvalue weighted by molar-refractivity contribution is 0.479. The third-order valence-electron chi connectivity index (χ3n) is 4.00. The van der Waals surface area contributed by atoms with Crippen molar-refractivity contribution in [1.82, 2.24) is 0 Å². The van der Waals surface area contributed by atoms with Crippen LogP contribution in [0.15, 0.2) is 75.1 Å². The molecule has 3 aromatic rings. The lowest BCUT2D eigenvalue weighted by Gasteiger charge is -2.12. The first-order valence-electron chi connectivity index (χ1n) is 8.56. The van der Waals surface area contributed by atoms with E-state index < -0.39 is 15.9 Å². The molecule has 3 rings (SSSR count). The highest BCUT2D eigenvalue weighted by atomic mass is 32.2. The summed E-state index contributed by atoms with van der Waals surface area (Å²) in [4.78, 5) is 0. The van der Waals surface area contributed by atoms with Crippen LogP contribution in [-0.2, 0) is 15.9 Å². The van der Waals surface area contributed by atoms with E-state index in [1.165, 1.54) is 7.05 Å². The van der Waals surface area contributed by atoms with Gasteiger partial charge in [0.05, 0.1) is 0 Å². The Morgan fingerprint density at radius 1 is 1.00 bits per heavy atom. The first-order valence-corrected chi connectivity index (χ1v) is 10.2. The number of nitrogens with one attached hydrogen (secondary N) is 1. The van der Waals surface area contributed by atoms with E-state index in [1.54, 1.807) is 24.3 Å². The summed E-state index contributed by atoms with van der Waals surface area (Å²) < 4.78 is 32.2. The van der Waals surface area contributed by atoms with Gasteiger partial charge >= 0.3 is 0 Å². The summed E-state index contributed by atoms with van der Waals surface area (Å²) in [6.45, 7) is -0.0702. The maximum Gasteiger partial charge on any atom is 0.269 e. The number of aromatic hydroxyl groups is 1. The standard InChI is InChI=1S/C19H19N5O4S/c1-20-21-12-22-24-18-14(11-29(26,27)28)9-13-10-16(7-8-17(13)19(18)25)23-15-5-3-2-4-6-15/h2-10,23,25H,11-12H2,1H3,(H,26,27,28). The Bertz CT molecular complexity index is 1180. The van der Waals surface area contributed by atoms with E-state index in [0.717, 1.165) is 11.4 Å². The van der Waals surface area contributed by atoms with Crippen LogP contribution in [0.3, 0.4) is 0 Å². The maximum atomic E-state index is 11.4. The average Bonchev–Trinajstić information content (AvgIpc) is 2.66. The van der Waals surface area contributed by atoms with Crippen molar-refractivity contribution >= 4 is 38.0 Å². The minimum Gasteiger partial charge on any atom is -0.505 e. The second kappa shape index (κ2) is 8.76. The van der Waals surface area contributed by atoms with Gasteiger partial charge in [0.2, 0.25) is 0 Å². The summed E-state index contributed by atoms with van der Waals surface area (Å²) in [6, 6.07) is 16.3. The van der Waals surface area contributed by atoms with Crippen molar-refractivity contribution in [1.29, 1.82) is 0 Å². The van der Waals surface area contributed by atoms with E-state index in [-0.39, 0.29) is 23.7 Å². The number of anilines is 2. The molecule has 0 heterocycles. The fraction of sp³-hybridized carbons (Fsp3) is 0.158. The normalized spacial score (nSPS) is 12.2. The Morgan fingerprint density at radius 3 is 2.45 bits per heavy atom. The van der Waals surface area contributed by atoms with Crippen LogP contribution in [0.2, 0.25) is 0 Å². The van der Waals surface area contributed by atoms with Gasteiger partial charge in [0, 0.05) is 29.4 Å². The quantitative estimate of drug-likeness (QED) is 0.377. The minimum absolute atomic E-state index is 0.0369. The van der Waals surface area contributed by atoms with Gasteiger partial charge in [0.25, 0.3) is 10.1 Å². The minimum atomic E-state index is -4.35. The molecule has 0 bridgehead atoms. The lowest BCUT2D eigenvalue weighted by atomic mass is 10.0. The van der Waals surface area contributed by atoms with E-state index in [9.17, 15) is 18.1 Å². The van der Waals surface area contributed by atoms with Crippen LogP contribution >= 0.6 is 0 Å². The SMILES string of the molecule is CN=NCN=Nc1c(CS(=O)(=O)O)cc2cc(Nc3ccccc3)ccc2c1O. The summed E-state index contributed by atoms with van der Waals surface area (Å²) in [5.41, 5.74) is 1.71. The summed E-state index contributed by atoms with van der Waals surface area (Å²) in [7, 11) is -2.87. The van der Waals surface area contributed by atoms with Gasteiger partial charge in [-0.25, -0.2) is 0 Å². The summed E-state index contributed by atoms with van der Waals surface area (Å²) in [6.07, 6.45) is 0. The second-order valence-electron chi connectivity index (χ2n) is 6.11. The van der Waals surface area contributed by atoms with Gasteiger partial charge in [-0.15, -0.1) is 5.11 Å². The highest BCUT2D eigenvalue weighted by molar-refractivity contribution is 7.85. The van der Waals surface area contributed by atoms with Crippen molar-refractivity contribution in [2.45, 2.75) is 5.75 Å². The topological polar surface area (TPSA) is 136 Å². The molecule has 0 aromatic heterocycles. The van der Waals surface area contributed by atoms with Crippen molar-refractivity contribution in [3.05, 3.63) is 60.2 Å². The second-order valence-corrected chi connectivity index (χ2v) is 7.56. The number of benzene rings is 3. The van der Waals surface area contributed by atoms with E-state index in [0.29, 0.717) is 10.8 Å². The molecule has 0 aliphatic carbocycles. The maximum absolute atomic E-state index is 11.4. The van der Waals surface area contributed by atoms with Gasteiger partial charge in [0.1, 0.15) is 11.4 Å². The van der Waals surface area contributed by atoms with Crippen LogP contribution in [0, 0.1) is 0 Å². The van der Waals surface area contributed by atoms with Crippen LogP contribution in [0.1, 0.15) is 5.56 Å². The molecule has 0 spiro atoms. The highest BCUT2D eigenvalue weighted by Crippen LogP contribution is 2.40. The van der Waals surface area contributed by atoms with Crippen molar-refractivity contribution in [2.75, 3.05) is 19.0 Å². The number of rotatable bonds is 7. The van der Waals surface area contributed by atoms with E-state index >= 15 is 0 Å². The van der Waals surface area contributed by atoms with Crippen LogP contribution in [0.4, 0.5) is 17.1 Å². The Morgan fingerprint density at radius 2 is 1.76 bits per heavy atom. The molecule has 150 valence electrons. The van der Waals surface area contributed by atoms with E-state index in [4.69, 9.17) is 0 Å². The summed E-state index contributed by atoms with van der Waals surface area (Å²) >= 11 is 0. The molecule has 3 N–H and O–H groups in total. The first kappa shape index (κ1) is 20.4. The number of azo groups is 2. The number of hydrogen-bond acceptors (Lipinski definition) is 8. The molecular weight excluding hydrogens is 394 g/mol. The Hall–Kier alpha value is -3.37. The van der Waals surface area contributed by atoms with E-state index in [1.807, 2.05) is 30.3 Å². The van der Waals surface area contributed by atoms with Crippen LogP contribution in [-0.4, -0.2) is 31.8 Å². The highest BCUT2D eigenvalue weighted by Gasteiger charge is 2.18. The molecule has 29 heavy (non-hydrogen) atoms. The molecule has 9 nitrogen and oxygen atoms in total. The zero-order valence-electron chi connectivity index (χ0n) is 15.5. The zero-order chi connectivity index (χ0) is 20.9. The van der Waals surface area contributed by atoms with Gasteiger partial charge < -0.3 is 10.4 Å². The largest absolute Gasteiger partial charge is 0.505 e. The fourth-order valence-electron chi connectivity index (χ4n) is 2.81. The Labute approximate surface area is 167 Å². The number of nitrogens with zero attached hydrogens (tertiary/aromatic N) is 4. The molecular formula is C19H19N5O4S. The monoisotopic (exact) mass is 413 g/mol. The summed E-state index contributed by atoms with van der Waals surface area (Å²) in [5, 5.41) is 29.8. The van der Waals surface area contributed by atoms with Gasteiger partial charge in [-0.05, 0) is 41.8 Å². The van der Waals surface area contributed by atoms with Gasteiger partial charge in [-0.1, -0.05) is 18.2 Å². The predicted molar refractivity (Wildman–Crippen MR) is 111 cm³/mol. The number of phenolic OH excluding ortho intramolecular Hbond substituents is 1. The van der Waals surface area contributed by atoms with Crippen molar-refractivity contribution in [3.63, 3.8) is 0 Å². The molecule has 10 heteroatoms. The summed E-state index contributed by atoms with van der Waals surface area (Å²) in [5.74, 6) is -0.944. The molecule has 0 unspecified atom stereocenters. The van der Waals surface area contributed by atoms with Gasteiger partial charge in [-0.3, -0.25) is 4.55 Å². The van der Waals surface area contributed by atoms with Crippen molar-refractivity contribution < 1.29 is 18.1 Å². The Balaban J connectivity index is 2.07. The predicted octanol–water partition coefficient (Wildman–Crippen LogP) is 4.80. The van der Waals surface area contributed by atoms with Gasteiger partial charge in [0.15, 0.2) is 12.4 Å². The van der Waals surface area contributed by atoms with Crippen molar-refractivity contribution in [3.8, 4) is 5.75 Å². The van der Waals surface area contributed by atoms with E-state index in [2.05, 4.69) is 25.8 Å². The Kier molecular flexibility index (Phi) is 6.15. The molecule has 0 aliphatic heterocycles. The molecule has 0 radical (unpaired) electrons. The van der Waals surface area contributed by atoms with Crippen LogP contribution in [0.25, 0.3) is 10.8 Å². The lowest BCUT2D eigenvalue weighted by Crippen LogP contribution is -2.02. The van der Waals surface area contributed by atoms with Crippen molar-refractivity contribution in [2.24, 2.45) is 20.5 Å².